The summed E-state index contributed by atoms with van der Waals surface area (Å²) in [5, 5.41) is 5.83. The van der Waals surface area contributed by atoms with Crippen molar-refractivity contribution in [2.45, 2.75) is 75.3 Å². The van der Waals surface area contributed by atoms with Gasteiger partial charge in [0.15, 0.2) is 0 Å². The number of thiazole rings is 1. The van der Waals surface area contributed by atoms with Crippen molar-refractivity contribution in [1.29, 1.82) is 0 Å². The molecule has 20 heavy (non-hydrogen) atoms. The summed E-state index contributed by atoms with van der Waals surface area (Å²) in [7, 11) is 0. The molecule has 0 aromatic carbocycles. The third kappa shape index (κ3) is 3.99. The van der Waals surface area contributed by atoms with E-state index < -0.39 is 0 Å². The zero-order valence-electron chi connectivity index (χ0n) is 12.5. The van der Waals surface area contributed by atoms with Gasteiger partial charge >= 0.3 is 0 Å². The third-order valence-corrected chi connectivity index (χ3v) is 6.83. The van der Waals surface area contributed by atoms with Crippen LogP contribution in [-0.2, 0) is 12.3 Å². The maximum atomic E-state index is 4.97. The van der Waals surface area contributed by atoms with Crippen molar-refractivity contribution >= 4 is 23.1 Å². The largest absolute Gasteiger partial charge is 0.312 e. The Morgan fingerprint density at radius 3 is 2.75 bits per heavy atom. The SMILES string of the molecule is CCCNCc1sc(CSC2CCCC2)nc1C1CC1. The van der Waals surface area contributed by atoms with Crippen LogP contribution in [0.15, 0.2) is 0 Å². The first kappa shape index (κ1) is 14.9. The van der Waals surface area contributed by atoms with E-state index in [1.54, 1.807) is 0 Å². The van der Waals surface area contributed by atoms with Crippen molar-refractivity contribution in [1.82, 2.24) is 10.3 Å². The average molecular weight is 311 g/mol. The Balaban J connectivity index is 1.57. The topological polar surface area (TPSA) is 24.9 Å². The van der Waals surface area contributed by atoms with Crippen LogP contribution in [0.1, 0.15) is 73.4 Å². The fourth-order valence-electron chi connectivity index (χ4n) is 2.90. The molecule has 0 aliphatic heterocycles. The second-order valence-corrected chi connectivity index (χ2v) is 8.54. The van der Waals surface area contributed by atoms with E-state index in [1.165, 1.54) is 60.5 Å². The monoisotopic (exact) mass is 310 g/mol. The Morgan fingerprint density at radius 1 is 1.25 bits per heavy atom. The van der Waals surface area contributed by atoms with Crippen molar-refractivity contribution in [2.24, 2.45) is 0 Å². The predicted octanol–water partition coefficient (Wildman–Crippen LogP) is 4.70. The van der Waals surface area contributed by atoms with E-state index in [9.17, 15) is 0 Å². The fourth-order valence-corrected chi connectivity index (χ4v) is 5.37. The van der Waals surface area contributed by atoms with Gasteiger partial charge in [0.05, 0.1) is 5.69 Å². The van der Waals surface area contributed by atoms with E-state index >= 15 is 0 Å². The maximum Gasteiger partial charge on any atom is 0.103 e. The van der Waals surface area contributed by atoms with Gasteiger partial charge in [0, 0.05) is 28.3 Å². The summed E-state index contributed by atoms with van der Waals surface area (Å²) in [6.07, 6.45) is 9.67. The zero-order valence-corrected chi connectivity index (χ0v) is 14.1. The van der Waals surface area contributed by atoms with Crippen molar-refractivity contribution in [3.63, 3.8) is 0 Å². The van der Waals surface area contributed by atoms with Gasteiger partial charge in [-0.1, -0.05) is 19.8 Å². The molecule has 1 aromatic heterocycles. The molecule has 0 unspecified atom stereocenters. The van der Waals surface area contributed by atoms with E-state index in [1.807, 2.05) is 11.3 Å². The summed E-state index contributed by atoms with van der Waals surface area (Å²) in [5.41, 5.74) is 1.43. The minimum absolute atomic E-state index is 0.787. The number of hydrogen-bond donors (Lipinski definition) is 1. The van der Waals surface area contributed by atoms with Crippen LogP contribution in [0.5, 0.6) is 0 Å². The van der Waals surface area contributed by atoms with E-state index in [-0.39, 0.29) is 0 Å². The molecule has 1 heterocycles. The van der Waals surface area contributed by atoms with Gasteiger partial charge in [-0.3, -0.25) is 0 Å². The fraction of sp³-hybridized carbons (Fsp3) is 0.812. The third-order valence-electron chi connectivity index (χ3n) is 4.19. The maximum absolute atomic E-state index is 4.97. The number of thioether (sulfide) groups is 1. The van der Waals surface area contributed by atoms with E-state index in [0.717, 1.165) is 30.0 Å². The zero-order chi connectivity index (χ0) is 13.8. The molecule has 112 valence electrons. The molecule has 0 radical (unpaired) electrons. The molecule has 3 rings (SSSR count). The number of aromatic nitrogens is 1. The summed E-state index contributed by atoms with van der Waals surface area (Å²) in [5.74, 6) is 1.93. The first-order valence-corrected chi connectivity index (χ1v) is 10.0. The van der Waals surface area contributed by atoms with E-state index in [4.69, 9.17) is 4.98 Å². The van der Waals surface area contributed by atoms with Crippen LogP contribution < -0.4 is 5.32 Å². The van der Waals surface area contributed by atoms with Crippen molar-refractivity contribution in [3.05, 3.63) is 15.6 Å². The number of rotatable bonds is 8. The van der Waals surface area contributed by atoms with E-state index in [2.05, 4.69) is 24.0 Å². The van der Waals surface area contributed by atoms with Crippen LogP contribution >= 0.6 is 23.1 Å². The number of nitrogens with zero attached hydrogens (tertiary/aromatic N) is 1. The summed E-state index contributed by atoms with van der Waals surface area (Å²) >= 11 is 4.11. The molecular formula is C16H26N2S2. The highest BCUT2D eigenvalue weighted by molar-refractivity contribution is 7.99. The molecule has 2 saturated carbocycles. The molecule has 0 saturated heterocycles. The standard InChI is InChI=1S/C16H26N2S2/c1-2-9-17-10-14-16(12-7-8-12)18-15(20-14)11-19-13-5-3-4-6-13/h12-13,17H,2-11H2,1H3. The van der Waals surface area contributed by atoms with Gasteiger partial charge < -0.3 is 5.32 Å². The minimum atomic E-state index is 0.787. The van der Waals surface area contributed by atoms with Crippen LogP contribution in [0.3, 0.4) is 0 Å². The molecule has 1 N–H and O–H groups in total. The van der Waals surface area contributed by atoms with Gasteiger partial charge in [0.1, 0.15) is 5.01 Å². The van der Waals surface area contributed by atoms with Crippen LogP contribution in [0.2, 0.25) is 0 Å². The van der Waals surface area contributed by atoms with Crippen LogP contribution in [0, 0.1) is 0 Å². The van der Waals surface area contributed by atoms with Gasteiger partial charge in [-0.15, -0.1) is 11.3 Å². The van der Waals surface area contributed by atoms with Crippen LogP contribution in [-0.4, -0.2) is 16.8 Å². The van der Waals surface area contributed by atoms with Crippen LogP contribution in [0.4, 0.5) is 0 Å². The molecule has 4 heteroatoms. The van der Waals surface area contributed by atoms with Crippen molar-refractivity contribution in [3.8, 4) is 0 Å². The first-order chi connectivity index (χ1) is 9.86. The second-order valence-electron chi connectivity index (χ2n) is 6.08. The quantitative estimate of drug-likeness (QED) is 0.705. The lowest BCUT2D eigenvalue weighted by Gasteiger charge is -2.05. The molecule has 0 amide bonds. The normalized spacial score (nSPS) is 19.9. The van der Waals surface area contributed by atoms with Crippen molar-refractivity contribution in [2.75, 3.05) is 6.54 Å². The molecule has 2 aliphatic rings. The van der Waals surface area contributed by atoms with Gasteiger partial charge in [-0.05, 0) is 38.6 Å². The smallest absolute Gasteiger partial charge is 0.103 e. The van der Waals surface area contributed by atoms with Gasteiger partial charge in [0.2, 0.25) is 0 Å². The average Bonchev–Trinajstić information content (AvgIpc) is 3.01. The second kappa shape index (κ2) is 7.28. The first-order valence-electron chi connectivity index (χ1n) is 8.17. The van der Waals surface area contributed by atoms with Gasteiger partial charge in [-0.25, -0.2) is 4.98 Å². The van der Waals surface area contributed by atoms with Gasteiger partial charge in [0.25, 0.3) is 0 Å². The molecule has 0 atom stereocenters. The molecular weight excluding hydrogens is 284 g/mol. The van der Waals surface area contributed by atoms with Gasteiger partial charge in [-0.2, -0.15) is 11.8 Å². The Labute approximate surface area is 131 Å². The Hall–Kier alpha value is -0.0600. The summed E-state index contributed by atoms with van der Waals surface area (Å²) in [4.78, 5) is 6.49. The lowest BCUT2D eigenvalue weighted by Crippen LogP contribution is -2.13. The highest BCUT2D eigenvalue weighted by Crippen LogP contribution is 2.43. The number of nitrogens with one attached hydrogen (secondary N) is 1. The summed E-state index contributed by atoms with van der Waals surface area (Å²) < 4.78 is 0. The molecule has 2 nitrogen and oxygen atoms in total. The Bertz CT molecular complexity index is 420. The highest BCUT2D eigenvalue weighted by Gasteiger charge is 2.29. The van der Waals surface area contributed by atoms with Crippen LogP contribution in [0.25, 0.3) is 0 Å². The summed E-state index contributed by atoms with van der Waals surface area (Å²) in [6.45, 7) is 4.38. The van der Waals surface area contributed by atoms with E-state index in [0.29, 0.717) is 0 Å². The molecule has 2 aliphatic carbocycles. The van der Waals surface area contributed by atoms with Crippen molar-refractivity contribution < 1.29 is 0 Å². The highest BCUT2D eigenvalue weighted by atomic mass is 32.2. The summed E-state index contributed by atoms with van der Waals surface area (Å²) in [6, 6.07) is 0. The molecule has 0 bridgehead atoms. The Morgan fingerprint density at radius 2 is 2.05 bits per heavy atom. The molecule has 1 aromatic rings. The minimum Gasteiger partial charge on any atom is -0.312 e. The Kier molecular flexibility index (Phi) is 5.41. The lowest BCUT2D eigenvalue weighted by molar-refractivity contribution is 0.676. The number of hydrogen-bond acceptors (Lipinski definition) is 4. The molecule has 0 spiro atoms. The molecule has 2 fully saturated rings. The lowest BCUT2D eigenvalue weighted by atomic mass is 10.2. The predicted molar refractivity (Wildman–Crippen MR) is 89.6 cm³/mol.